The van der Waals surface area contributed by atoms with Gasteiger partial charge in [-0.25, -0.2) is 0 Å². The topological polar surface area (TPSA) is 46.2 Å². The number of nitrogens with one attached hydrogen (secondary N) is 1. The minimum Gasteiger partial charge on any atom is -0.345 e. The van der Waals surface area contributed by atoms with Gasteiger partial charge in [-0.15, -0.1) is 0 Å². The SMILES string of the molecule is CC(=O)C[C@@H](Cc1cccc2ccccc12)NC(=O)C(F)(F)F. The van der Waals surface area contributed by atoms with Crippen LogP contribution in [-0.2, 0) is 16.0 Å². The van der Waals surface area contributed by atoms with Crippen molar-refractivity contribution in [3.63, 3.8) is 0 Å². The number of fused-ring (bicyclic) bond motifs is 1. The number of hydrogen-bond acceptors (Lipinski definition) is 2. The molecule has 23 heavy (non-hydrogen) atoms. The van der Waals surface area contributed by atoms with E-state index in [4.69, 9.17) is 0 Å². The molecule has 0 aromatic heterocycles. The summed E-state index contributed by atoms with van der Waals surface area (Å²) in [4.78, 5) is 22.5. The largest absolute Gasteiger partial charge is 0.471 e. The molecule has 0 aliphatic carbocycles. The van der Waals surface area contributed by atoms with Crippen LogP contribution in [0.5, 0.6) is 0 Å². The van der Waals surface area contributed by atoms with Gasteiger partial charge in [0.15, 0.2) is 0 Å². The Morgan fingerprint density at radius 3 is 2.39 bits per heavy atom. The molecule has 3 nitrogen and oxygen atoms in total. The number of benzene rings is 2. The van der Waals surface area contributed by atoms with Crippen molar-refractivity contribution in [2.24, 2.45) is 0 Å². The van der Waals surface area contributed by atoms with Crippen LogP contribution in [0.4, 0.5) is 13.2 Å². The smallest absolute Gasteiger partial charge is 0.345 e. The van der Waals surface area contributed by atoms with Gasteiger partial charge in [-0.1, -0.05) is 42.5 Å². The molecule has 1 atom stereocenters. The van der Waals surface area contributed by atoms with Crippen molar-refractivity contribution >= 4 is 22.5 Å². The first-order valence-electron chi connectivity index (χ1n) is 7.11. The lowest BCUT2D eigenvalue weighted by atomic mass is 9.96. The fourth-order valence-corrected chi connectivity index (χ4v) is 2.52. The predicted molar refractivity (Wildman–Crippen MR) is 80.9 cm³/mol. The quantitative estimate of drug-likeness (QED) is 0.916. The average Bonchev–Trinajstić information content (AvgIpc) is 2.46. The molecule has 0 heterocycles. The number of Topliss-reactive ketones (excluding diaryl/α,β-unsaturated/α-hetero) is 1. The number of carbonyl (C=O) groups is 2. The Bertz CT molecular complexity index is 720. The van der Waals surface area contributed by atoms with Gasteiger partial charge < -0.3 is 5.32 Å². The Balaban J connectivity index is 2.26. The van der Waals surface area contributed by atoms with Crippen LogP contribution in [0.25, 0.3) is 10.8 Å². The third-order valence-corrected chi connectivity index (χ3v) is 3.47. The van der Waals surface area contributed by atoms with E-state index in [-0.39, 0.29) is 18.6 Å². The lowest BCUT2D eigenvalue weighted by molar-refractivity contribution is -0.174. The summed E-state index contributed by atoms with van der Waals surface area (Å²) in [5.74, 6) is -2.30. The van der Waals surface area contributed by atoms with Crippen molar-refractivity contribution in [3.8, 4) is 0 Å². The number of hydrogen-bond donors (Lipinski definition) is 1. The maximum absolute atomic E-state index is 12.4. The molecule has 0 unspecified atom stereocenters. The molecule has 2 aromatic carbocycles. The molecule has 122 valence electrons. The van der Waals surface area contributed by atoms with Gasteiger partial charge in [-0.05, 0) is 29.7 Å². The van der Waals surface area contributed by atoms with E-state index in [2.05, 4.69) is 0 Å². The maximum atomic E-state index is 12.4. The molecular weight excluding hydrogens is 307 g/mol. The van der Waals surface area contributed by atoms with Gasteiger partial charge in [0, 0.05) is 12.5 Å². The summed E-state index contributed by atoms with van der Waals surface area (Å²) >= 11 is 0. The zero-order valence-corrected chi connectivity index (χ0v) is 12.5. The van der Waals surface area contributed by atoms with Crippen LogP contribution in [-0.4, -0.2) is 23.9 Å². The third kappa shape index (κ3) is 4.55. The Labute approximate surface area is 131 Å². The molecule has 6 heteroatoms. The van der Waals surface area contributed by atoms with Crippen LogP contribution in [0.15, 0.2) is 42.5 Å². The Hall–Kier alpha value is -2.37. The first-order valence-corrected chi connectivity index (χ1v) is 7.11. The van der Waals surface area contributed by atoms with Crippen LogP contribution < -0.4 is 5.32 Å². The number of halogens is 3. The molecule has 1 amide bonds. The number of ketones is 1. The highest BCUT2D eigenvalue weighted by atomic mass is 19.4. The van der Waals surface area contributed by atoms with E-state index in [0.29, 0.717) is 0 Å². The summed E-state index contributed by atoms with van der Waals surface area (Å²) in [6.07, 6.45) is -4.96. The van der Waals surface area contributed by atoms with Crippen molar-refractivity contribution in [1.29, 1.82) is 0 Å². The second-order valence-corrected chi connectivity index (χ2v) is 5.42. The molecule has 0 fully saturated rings. The minimum absolute atomic E-state index is 0.148. The van der Waals surface area contributed by atoms with Gasteiger partial charge in [0.1, 0.15) is 5.78 Å². The predicted octanol–water partition coefficient (Wildman–Crippen LogP) is 3.41. The molecule has 2 aromatic rings. The Kier molecular flexibility index (Phi) is 5.03. The standard InChI is InChI=1S/C17H16F3NO2/c1-11(22)9-14(21-16(23)17(18,19)20)10-13-7-4-6-12-5-2-3-8-15(12)13/h2-8,14H,9-10H2,1H3,(H,21,23)/t14-/m0/s1. The molecule has 0 saturated carbocycles. The minimum atomic E-state index is -4.96. The zero-order valence-electron chi connectivity index (χ0n) is 12.5. The molecule has 2 rings (SSSR count). The summed E-state index contributed by atoms with van der Waals surface area (Å²) in [6, 6.07) is 12.0. The van der Waals surface area contributed by atoms with Crippen molar-refractivity contribution < 1.29 is 22.8 Å². The lowest BCUT2D eigenvalue weighted by Crippen LogP contribution is -2.44. The van der Waals surface area contributed by atoms with Gasteiger partial charge in [-0.3, -0.25) is 9.59 Å². The number of alkyl halides is 3. The van der Waals surface area contributed by atoms with Gasteiger partial charge >= 0.3 is 12.1 Å². The van der Waals surface area contributed by atoms with Gasteiger partial charge in [0.05, 0.1) is 0 Å². The van der Waals surface area contributed by atoms with E-state index in [0.717, 1.165) is 16.3 Å². The summed E-state index contributed by atoms with van der Waals surface area (Å²) in [5, 5.41) is 3.76. The number of amides is 1. The fraction of sp³-hybridized carbons (Fsp3) is 0.294. The van der Waals surface area contributed by atoms with Crippen LogP contribution >= 0.6 is 0 Å². The third-order valence-electron chi connectivity index (χ3n) is 3.47. The Morgan fingerprint density at radius 2 is 1.74 bits per heavy atom. The normalized spacial score (nSPS) is 12.9. The van der Waals surface area contributed by atoms with Crippen LogP contribution in [0.2, 0.25) is 0 Å². The van der Waals surface area contributed by atoms with Crippen molar-refractivity contribution in [3.05, 3.63) is 48.0 Å². The van der Waals surface area contributed by atoms with Gasteiger partial charge in [0.2, 0.25) is 0 Å². The lowest BCUT2D eigenvalue weighted by Gasteiger charge is -2.19. The van der Waals surface area contributed by atoms with Crippen LogP contribution in [0, 0.1) is 0 Å². The fourth-order valence-electron chi connectivity index (χ4n) is 2.52. The first-order chi connectivity index (χ1) is 10.8. The molecule has 0 bridgehead atoms. The highest BCUT2D eigenvalue weighted by molar-refractivity contribution is 5.86. The molecule has 0 saturated heterocycles. The van der Waals surface area contributed by atoms with E-state index in [1.54, 1.807) is 12.1 Å². The summed E-state index contributed by atoms with van der Waals surface area (Å²) < 4.78 is 37.3. The summed E-state index contributed by atoms with van der Waals surface area (Å²) in [7, 11) is 0. The summed E-state index contributed by atoms with van der Waals surface area (Å²) in [6.45, 7) is 1.29. The first kappa shape index (κ1) is 17.0. The highest BCUT2D eigenvalue weighted by Crippen LogP contribution is 2.21. The van der Waals surface area contributed by atoms with E-state index < -0.39 is 18.1 Å². The average molecular weight is 323 g/mol. The van der Waals surface area contributed by atoms with E-state index in [1.165, 1.54) is 6.92 Å². The second-order valence-electron chi connectivity index (χ2n) is 5.42. The molecule has 0 radical (unpaired) electrons. The van der Waals surface area contributed by atoms with E-state index in [9.17, 15) is 22.8 Å². The summed E-state index contributed by atoms with van der Waals surface area (Å²) in [5.41, 5.74) is 0.789. The van der Waals surface area contributed by atoms with Gasteiger partial charge in [-0.2, -0.15) is 13.2 Å². The number of carbonyl (C=O) groups excluding carboxylic acids is 2. The van der Waals surface area contributed by atoms with Crippen LogP contribution in [0.3, 0.4) is 0 Å². The highest BCUT2D eigenvalue weighted by Gasteiger charge is 2.39. The molecule has 0 aliphatic heterocycles. The maximum Gasteiger partial charge on any atom is 0.471 e. The van der Waals surface area contributed by atoms with E-state index >= 15 is 0 Å². The van der Waals surface area contributed by atoms with Gasteiger partial charge in [0.25, 0.3) is 0 Å². The Morgan fingerprint density at radius 1 is 1.09 bits per heavy atom. The molecule has 1 N–H and O–H groups in total. The molecule has 0 aliphatic rings. The van der Waals surface area contributed by atoms with Crippen molar-refractivity contribution in [2.45, 2.75) is 32.0 Å². The van der Waals surface area contributed by atoms with Crippen molar-refractivity contribution in [2.75, 3.05) is 0 Å². The van der Waals surface area contributed by atoms with Crippen molar-refractivity contribution in [1.82, 2.24) is 5.32 Å². The van der Waals surface area contributed by atoms with E-state index in [1.807, 2.05) is 35.6 Å². The molecule has 0 spiro atoms. The zero-order chi connectivity index (χ0) is 17.0. The monoisotopic (exact) mass is 323 g/mol. The second kappa shape index (κ2) is 6.81. The van der Waals surface area contributed by atoms with Crippen LogP contribution in [0.1, 0.15) is 18.9 Å². The molecular formula is C17H16F3NO2. The number of rotatable bonds is 5.